The van der Waals surface area contributed by atoms with Gasteiger partial charge in [0.25, 0.3) is 5.91 Å². The van der Waals surface area contributed by atoms with Crippen molar-refractivity contribution in [2.24, 2.45) is 5.73 Å². The number of aryl methyl sites for hydroxylation is 1. The summed E-state index contributed by atoms with van der Waals surface area (Å²) in [7, 11) is 0. The molecule has 0 fully saturated rings. The molecule has 2 amide bonds. The molecule has 1 aromatic heterocycles. The molecule has 0 radical (unpaired) electrons. The van der Waals surface area contributed by atoms with Gasteiger partial charge in [0, 0.05) is 23.8 Å². The van der Waals surface area contributed by atoms with Gasteiger partial charge in [0.2, 0.25) is 0 Å². The zero-order valence-electron chi connectivity index (χ0n) is 23.7. The van der Waals surface area contributed by atoms with Crippen LogP contribution in [0, 0.1) is 0 Å². The second kappa shape index (κ2) is 15.1. The summed E-state index contributed by atoms with van der Waals surface area (Å²) in [6.07, 6.45) is 12.9. The molecule has 3 rings (SSSR count). The number of hydrogen-bond donors (Lipinski definition) is 3. The lowest BCUT2D eigenvalue weighted by molar-refractivity contribution is 0.0526. The van der Waals surface area contributed by atoms with Crippen LogP contribution >= 0.6 is 0 Å². The number of fused-ring (bicyclic) bond motifs is 1. The van der Waals surface area contributed by atoms with Crippen LogP contribution in [0.25, 0.3) is 10.9 Å². The fourth-order valence-corrected chi connectivity index (χ4v) is 4.58. The SMILES string of the molecule is CC(C)(C)OC(=O)NCCCCCCCCCCCc1ccc2ncc(C(N)=O)c(Nc3ccccc3)c2c1. The number of ether oxygens (including phenoxy) is 1. The maximum Gasteiger partial charge on any atom is 0.407 e. The average Bonchev–Trinajstić information content (AvgIpc) is 2.89. The van der Waals surface area contributed by atoms with Crippen molar-refractivity contribution in [3.8, 4) is 0 Å². The minimum Gasteiger partial charge on any atom is -0.444 e. The molecular formula is C32H44N4O3. The quantitative estimate of drug-likeness (QED) is 0.174. The highest BCUT2D eigenvalue weighted by Crippen LogP contribution is 2.30. The first kappa shape index (κ1) is 29.9. The van der Waals surface area contributed by atoms with E-state index < -0.39 is 11.5 Å². The molecule has 0 spiro atoms. The first-order valence-corrected chi connectivity index (χ1v) is 14.2. The van der Waals surface area contributed by atoms with E-state index in [-0.39, 0.29) is 6.09 Å². The second-order valence-electron chi connectivity index (χ2n) is 11.1. The lowest BCUT2D eigenvalue weighted by Crippen LogP contribution is -2.32. The van der Waals surface area contributed by atoms with E-state index >= 15 is 0 Å². The Hall–Kier alpha value is -3.61. The first-order valence-electron chi connectivity index (χ1n) is 14.2. The highest BCUT2D eigenvalue weighted by Gasteiger charge is 2.16. The van der Waals surface area contributed by atoms with Crippen molar-refractivity contribution in [1.29, 1.82) is 0 Å². The van der Waals surface area contributed by atoms with Gasteiger partial charge >= 0.3 is 6.09 Å². The van der Waals surface area contributed by atoms with Gasteiger partial charge in [-0.15, -0.1) is 0 Å². The number of nitrogens with two attached hydrogens (primary N) is 1. The van der Waals surface area contributed by atoms with Crippen molar-refractivity contribution in [1.82, 2.24) is 10.3 Å². The molecule has 0 saturated carbocycles. The van der Waals surface area contributed by atoms with Crippen LogP contribution < -0.4 is 16.4 Å². The van der Waals surface area contributed by atoms with E-state index in [4.69, 9.17) is 10.5 Å². The fourth-order valence-electron chi connectivity index (χ4n) is 4.58. The number of hydrogen-bond acceptors (Lipinski definition) is 5. The number of carbonyl (C=O) groups excluding carboxylic acids is 2. The molecule has 0 unspecified atom stereocenters. The Bertz CT molecular complexity index is 1210. The predicted octanol–water partition coefficient (Wildman–Crippen LogP) is 7.66. The van der Waals surface area contributed by atoms with Gasteiger partial charge in [0.05, 0.1) is 16.8 Å². The minimum absolute atomic E-state index is 0.331. The van der Waals surface area contributed by atoms with E-state index in [1.54, 1.807) is 6.20 Å². The van der Waals surface area contributed by atoms with Gasteiger partial charge in [-0.05, 0) is 69.9 Å². The zero-order valence-corrected chi connectivity index (χ0v) is 23.7. The van der Waals surface area contributed by atoms with Crippen LogP contribution in [0.15, 0.2) is 54.7 Å². The average molecular weight is 533 g/mol. The Morgan fingerprint density at radius 2 is 1.51 bits per heavy atom. The molecule has 0 bridgehead atoms. The third-order valence-electron chi connectivity index (χ3n) is 6.55. The largest absolute Gasteiger partial charge is 0.444 e. The highest BCUT2D eigenvalue weighted by atomic mass is 16.6. The molecule has 0 aliphatic carbocycles. The van der Waals surface area contributed by atoms with Crippen molar-refractivity contribution in [3.05, 3.63) is 65.9 Å². The lowest BCUT2D eigenvalue weighted by atomic mass is 10.0. The van der Waals surface area contributed by atoms with Crippen molar-refractivity contribution >= 4 is 34.3 Å². The molecule has 2 aromatic carbocycles. The molecule has 0 aliphatic rings. The molecular weight excluding hydrogens is 488 g/mol. The smallest absolute Gasteiger partial charge is 0.407 e. The molecule has 3 aromatic rings. The van der Waals surface area contributed by atoms with Crippen LogP contribution in [-0.2, 0) is 11.2 Å². The summed E-state index contributed by atoms with van der Waals surface area (Å²) in [5.74, 6) is -0.495. The number of para-hydroxylation sites is 1. The van der Waals surface area contributed by atoms with Crippen LogP contribution in [0.5, 0.6) is 0 Å². The van der Waals surface area contributed by atoms with E-state index in [1.165, 1.54) is 44.1 Å². The molecule has 1 heterocycles. The van der Waals surface area contributed by atoms with Gasteiger partial charge < -0.3 is 21.1 Å². The van der Waals surface area contributed by atoms with E-state index in [9.17, 15) is 9.59 Å². The zero-order chi connectivity index (χ0) is 28.1. The number of anilines is 2. The van der Waals surface area contributed by atoms with E-state index in [1.807, 2.05) is 57.2 Å². The number of carbonyl (C=O) groups is 2. The van der Waals surface area contributed by atoms with Crippen LogP contribution in [0.1, 0.15) is 94.5 Å². The summed E-state index contributed by atoms with van der Waals surface area (Å²) in [4.78, 5) is 28.2. The second-order valence-corrected chi connectivity index (χ2v) is 11.1. The number of rotatable bonds is 15. The molecule has 0 aliphatic heterocycles. The summed E-state index contributed by atoms with van der Waals surface area (Å²) in [5.41, 5.74) is 9.29. The summed E-state index contributed by atoms with van der Waals surface area (Å²) in [6.45, 7) is 6.29. The topological polar surface area (TPSA) is 106 Å². The number of pyridine rings is 1. The van der Waals surface area contributed by atoms with Crippen LogP contribution in [0.2, 0.25) is 0 Å². The van der Waals surface area contributed by atoms with Crippen molar-refractivity contribution in [2.45, 2.75) is 90.6 Å². The number of primary amides is 1. The molecule has 7 heteroatoms. The molecule has 0 atom stereocenters. The van der Waals surface area contributed by atoms with Gasteiger partial charge in [-0.25, -0.2) is 4.79 Å². The summed E-state index contributed by atoms with van der Waals surface area (Å²) in [5, 5.41) is 7.12. The van der Waals surface area contributed by atoms with Crippen LogP contribution in [0.3, 0.4) is 0 Å². The van der Waals surface area contributed by atoms with Crippen LogP contribution in [0.4, 0.5) is 16.2 Å². The Morgan fingerprint density at radius 1 is 0.872 bits per heavy atom. The highest BCUT2D eigenvalue weighted by molar-refractivity contribution is 6.07. The van der Waals surface area contributed by atoms with Crippen LogP contribution in [-0.4, -0.2) is 29.1 Å². The number of aromatic nitrogens is 1. The van der Waals surface area contributed by atoms with Gasteiger partial charge in [-0.1, -0.05) is 69.2 Å². The monoisotopic (exact) mass is 532 g/mol. The maximum absolute atomic E-state index is 12.1. The summed E-state index contributed by atoms with van der Waals surface area (Å²) in [6, 6.07) is 16.1. The first-order chi connectivity index (χ1) is 18.7. The summed E-state index contributed by atoms with van der Waals surface area (Å²) < 4.78 is 5.24. The molecule has 210 valence electrons. The number of amides is 2. The Morgan fingerprint density at radius 3 is 2.15 bits per heavy atom. The standard InChI is InChI=1S/C32H44N4O3/c1-32(2,3)39-31(38)34-21-15-10-8-6-4-5-7-9-12-16-24-19-20-28-26(22-24)29(27(23-35-28)30(33)37)36-25-17-13-11-14-18-25/h11,13-14,17-20,22-23H,4-10,12,15-16,21H2,1-3H3,(H2,33,37)(H,34,38)(H,35,36). The van der Waals surface area contributed by atoms with E-state index in [2.05, 4.69) is 27.8 Å². The number of alkyl carbamates (subject to hydrolysis) is 1. The van der Waals surface area contributed by atoms with Crippen molar-refractivity contribution in [3.63, 3.8) is 0 Å². The van der Waals surface area contributed by atoms with Gasteiger partial charge in [-0.2, -0.15) is 0 Å². The molecule has 7 nitrogen and oxygen atoms in total. The van der Waals surface area contributed by atoms with E-state index in [0.29, 0.717) is 17.8 Å². The molecule has 4 N–H and O–H groups in total. The number of nitrogens with zero attached hydrogens (tertiary/aromatic N) is 1. The third-order valence-corrected chi connectivity index (χ3v) is 6.55. The van der Waals surface area contributed by atoms with Gasteiger partial charge in [0.1, 0.15) is 5.60 Å². The van der Waals surface area contributed by atoms with Gasteiger partial charge in [0.15, 0.2) is 0 Å². The molecule has 39 heavy (non-hydrogen) atoms. The molecule has 0 saturated heterocycles. The third kappa shape index (κ3) is 10.6. The number of unbranched alkanes of at least 4 members (excludes halogenated alkanes) is 8. The van der Waals surface area contributed by atoms with Crippen molar-refractivity contribution in [2.75, 3.05) is 11.9 Å². The fraction of sp³-hybridized carbons (Fsp3) is 0.469. The lowest BCUT2D eigenvalue weighted by Gasteiger charge is -2.19. The minimum atomic E-state index is -0.495. The number of benzene rings is 2. The maximum atomic E-state index is 12.1. The van der Waals surface area contributed by atoms with Gasteiger partial charge in [-0.3, -0.25) is 9.78 Å². The Kier molecular flexibility index (Phi) is 11.6. The predicted molar refractivity (Wildman–Crippen MR) is 159 cm³/mol. The number of nitrogens with one attached hydrogen (secondary N) is 2. The normalized spacial score (nSPS) is 11.4. The van der Waals surface area contributed by atoms with Crippen molar-refractivity contribution < 1.29 is 14.3 Å². The summed E-state index contributed by atoms with van der Waals surface area (Å²) >= 11 is 0. The Balaban J connectivity index is 1.37. The Labute approximate surface area is 232 Å². The van der Waals surface area contributed by atoms with E-state index in [0.717, 1.165) is 42.3 Å².